The Kier molecular flexibility index (Phi) is 3.65. The van der Waals surface area contributed by atoms with Gasteiger partial charge in [0.15, 0.2) is 5.78 Å². The van der Waals surface area contributed by atoms with Crippen molar-refractivity contribution in [3.05, 3.63) is 56.0 Å². The largest absolute Gasteiger partial charge is 0.433 e. The minimum Gasteiger partial charge on any atom is -0.401 e. The molecule has 0 bridgehead atoms. The van der Waals surface area contributed by atoms with Crippen LogP contribution in [-0.4, -0.2) is 15.6 Å². The summed E-state index contributed by atoms with van der Waals surface area (Å²) in [5, 5.41) is 21.1. The third-order valence-corrected chi connectivity index (χ3v) is 2.50. The average molecular weight is 292 g/mol. The van der Waals surface area contributed by atoms with E-state index in [4.69, 9.17) is 8.83 Å². The SMILES string of the molecule is CC(=O)/C(=C\c1ccc([N+](=O)[O-])o1)c1ccc([N+](=O)[O-])o1. The molecule has 0 aliphatic heterocycles. The van der Waals surface area contributed by atoms with Crippen molar-refractivity contribution in [3.63, 3.8) is 0 Å². The first-order valence-corrected chi connectivity index (χ1v) is 5.60. The Morgan fingerprint density at radius 2 is 1.62 bits per heavy atom. The van der Waals surface area contributed by atoms with Crippen molar-refractivity contribution in [2.24, 2.45) is 0 Å². The molecule has 0 unspecified atom stereocenters. The number of rotatable bonds is 5. The van der Waals surface area contributed by atoms with E-state index in [-0.39, 0.29) is 17.1 Å². The lowest BCUT2D eigenvalue weighted by Gasteiger charge is -1.97. The molecule has 2 aromatic rings. The number of hydrogen-bond donors (Lipinski definition) is 0. The molecule has 108 valence electrons. The predicted molar refractivity (Wildman–Crippen MR) is 69.3 cm³/mol. The van der Waals surface area contributed by atoms with Crippen LogP contribution in [0.15, 0.2) is 33.1 Å². The quantitative estimate of drug-likeness (QED) is 0.470. The molecule has 0 spiro atoms. The number of carbonyl (C=O) groups excluding carboxylic acids is 1. The highest BCUT2D eigenvalue weighted by molar-refractivity contribution is 6.23. The summed E-state index contributed by atoms with van der Waals surface area (Å²) < 4.78 is 9.83. The van der Waals surface area contributed by atoms with Gasteiger partial charge < -0.3 is 8.83 Å². The summed E-state index contributed by atoms with van der Waals surface area (Å²) in [6, 6.07) is 4.81. The topological polar surface area (TPSA) is 130 Å². The number of carbonyl (C=O) groups is 1. The van der Waals surface area contributed by atoms with Crippen molar-refractivity contribution in [1.82, 2.24) is 0 Å². The van der Waals surface area contributed by atoms with Crippen LogP contribution in [0.25, 0.3) is 11.6 Å². The number of nitro groups is 2. The van der Waals surface area contributed by atoms with Crippen LogP contribution in [0.3, 0.4) is 0 Å². The van der Waals surface area contributed by atoms with E-state index in [9.17, 15) is 25.0 Å². The van der Waals surface area contributed by atoms with Crippen molar-refractivity contribution in [2.75, 3.05) is 0 Å². The fraction of sp³-hybridized carbons (Fsp3) is 0.0833. The number of allylic oxidation sites excluding steroid dienone is 1. The summed E-state index contributed by atoms with van der Waals surface area (Å²) in [7, 11) is 0. The van der Waals surface area contributed by atoms with Gasteiger partial charge in [0.1, 0.15) is 21.4 Å². The molecule has 0 amide bonds. The molecular formula is C12H8N2O7. The van der Waals surface area contributed by atoms with Crippen LogP contribution < -0.4 is 0 Å². The molecule has 0 aliphatic rings. The standard InChI is InChI=1S/C12H8N2O7/c1-7(15)9(10-3-5-12(21-10)14(18)19)6-8-2-4-11(20-8)13(16)17/h2-6H,1H3/b9-6+. The zero-order valence-electron chi connectivity index (χ0n) is 10.6. The van der Waals surface area contributed by atoms with E-state index in [1.807, 2.05) is 0 Å². The van der Waals surface area contributed by atoms with Crippen molar-refractivity contribution >= 4 is 29.2 Å². The lowest BCUT2D eigenvalue weighted by molar-refractivity contribution is -0.402. The maximum absolute atomic E-state index is 11.6. The van der Waals surface area contributed by atoms with Gasteiger partial charge in [0, 0.05) is 0 Å². The van der Waals surface area contributed by atoms with Crippen molar-refractivity contribution in [2.45, 2.75) is 6.92 Å². The van der Waals surface area contributed by atoms with Crippen LogP contribution in [0.1, 0.15) is 18.4 Å². The van der Waals surface area contributed by atoms with Gasteiger partial charge in [0.05, 0.1) is 17.7 Å². The molecule has 2 heterocycles. The molecular weight excluding hydrogens is 284 g/mol. The lowest BCUT2D eigenvalue weighted by atomic mass is 10.1. The maximum atomic E-state index is 11.6. The maximum Gasteiger partial charge on any atom is 0.433 e. The smallest absolute Gasteiger partial charge is 0.401 e. The second kappa shape index (κ2) is 5.41. The predicted octanol–water partition coefficient (Wildman–Crippen LogP) is 2.82. The van der Waals surface area contributed by atoms with E-state index in [1.54, 1.807) is 0 Å². The molecule has 0 saturated heterocycles. The summed E-state index contributed by atoms with van der Waals surface area (Å²) in [6.45, 7) is 1.23. The lowest BCUT2D eigenvalue weighted by Crippen LogP contribution is -1.94. The number of Topliss-reactive ketones (excluding diaryl/α,β-unsaturated/α-hetero) is 1. The Morgan fingerprint density at radius 1 is 1.05 bits per heavy atom. The zero-order chi connectivity index (χ0) is 15.6. The van der Waals surface area contributed by atoms with Gasteiger partial charge >= 0.3 is 11.8 Å². The minimum atomic E-state index is -0.737. The summed E-state index contributed by atoms with van der Waals surface area (Å²) in [5.41, 5.74) is 0.00680. The van der Waals surface area contributed by atoms with Crippen molar-refractivity contribution in [1.29, 1.82) is 0 Å². The van der Waals surface area contributed by atoms with Crippen LogP contribution in [-0.2, 0) is 4.79 Å². The van der Waals surface area contributed by atoms with E-state index in [0.717, 1.165) is 12.1 Å². The van der Waals surface area contributed by atoms with Crippen LogP contribution in [0.4, 0.5) is 11.8 Å². The molecule has 0 radical (unpaired) electrons. The Balaban J connectivity index is 2.41. The van der Waals surface area contributed by atoms with Gasteiger partial charge in [-0.3, -0.25) is 25.0 Å². The van der Waals surface area contributed by atoms with Gasteiger partial charge in [-0.05, 0) is 25.1 Å². The van der Waals surface area contributed by atoms with E-state index in [0.29, 0.717) is 0 Å². The highest BCUT2D eigenvalue weighted by Gasteiger charge is 2.19. The average Bonchev–Trinajstić information content (AvgIpc) is 3.04. The van der Waals surface area contributed by atoms with Crippen LogP contribution >= 0.6 is 0 Å². The fourth-order valence-electron chi connectivity index (χ4n) is 1.58. The van der Waals surface area contributed by atoms with Crippen molar-refractivity contribution in [3.8, 4) is 0 Å². The molecule has 0 atom stereocenters. The highest BCUT2D eigenvalue weighted by atomic mass is 16.7. The summed E-state index contributed by atoms with van der Waals surface area (Å²) >= 11 is 0. The molecule has 0 aromatic carbocycles. The Hall–Kier alpha value is -3.23. The van der Waals surface area contributed by atoms with Crippen molar-refractivity contribution < 1.29 is 23.5 Å². The van der Waals surface area contributed by atoms with E-state index >= 15 is 0 Å². The Morgan fingerprint density at radius 3 is 2.10 bits per heavy atom. The molecule has 0 N–H and O–H groups in total. The third kappa shape index (κ3) is 3.03. The summed E-state index contributed by atoms with van der Waals surface area (Å²) in [5.74, 6) is -1.38. The van der Waals surface area contributed by atoms with Gasteiger partial charge in [0.2, 0.25) is 0 Å². The molecule has 9 heteroatoms. The normalized spacial score (nSPS) is 11.4. The van der Waals surface area contributed by atoms with Gasteiger partial charge in [-0.25, -0.2) is 0 Å². The number of nitrogens with zero attached hydrogens (tertiary/aromatic N) is 2. The van der Waals surface area contributed by atoms with Gasteiger partial charge in [-0.1, -0.05) is 0 Å². The molecule has 0 aliphatic carbocycles. The van der Waals surface area contributed by atoms with E-state index < -0.39 is 27.4 Å². The number of ketones is 1. The Labute approximate surface area is 116 Å². The summed E-state index contributed by atoms with van der Waals surface area (Å²) in [4.78, 5) is 31.2. The monoisotopic (exact) mass is 292 g/mol. The molecule has 0 fully saturated rings. The van der Waals surface area contributed by atoms with Gasteiger partial charge in [-0.15, -0.1) is 0 Å². The molecule has 21 heavy (non-hydrogen) atoms. The zero-order valence-corrected chi connectivity index (χ0v) is 10.6. The number of furan rings is 2. The third-order valence-electron chi connectivity index (χ3n) is 2.50. The number of hydrogen-bond acceptors (Lipinski definition) is 7. The van der Waals surface area contributed by atoms with Crippen LogP contribution in [0, 0.1) is 20.2 Å². The Bertz CT molecular complexity index is 753. The molecule has 2 aromatic heterocycles. The summed E-state index contributed by atoms with van der Waals surface area (Å²) in [6.07, 6.45) is 1.22. The fourth-order valence-corrected chi connectivity index (χ4v) is 1.58. The van der Waals surface area contributed by atoms with Crippen LogP contribution in [0.5, 0.6) is 0 Å². The minimum absolute atomic E-state index is 0.00680. The second-order valence-corrected chi connectivity index (χ2v) is 3.94. The van der Waals surface area contributed by atoms with E-state index in [2.05, 4.69) is 0 Å². The molecule has 2 rings (SSSR count). The molecule has 9 nitrogen and oxygen atoms in total. The first-order chi connectivity index (χ1) is 9.88. The van der Waals surface area contributed by atoms with Gasteiger partial charge in [0.25, 0.3) is 0 Å². The van der Waals surface area contributed by atoms with Gasteiger partial charge in [-0.2, -0.15) is 0 Å². The first-order valence-electron chi connectivity index (χ1n) is 5.60. The second-order valence-electron chi connectivity index (χ2n) is 3.94. The van der Waals surface area contributed by atoms with Crippen LogP contribution in [0.2, 0.25) is 0 Å². The molecule has 0 saturated carbocycles. The highest BCUT2D eigenvalue weighted by Crippen LogP contribution is 2.26. The first kappa shape index (κ1) is 14.2. The van der Waals surface area contributed by atoms with E-state index in [1.165, 1.54) is 25.1 Å².